The first kappa shape index (κ1) is 20.0. The Morgan fingerprint density at radius 2 is 1.90 bits per heavy atom. The Kier molecular flexibility index (Phi) is 5.49. The van der Waals surface area contributed by atoms with Gasteiger partial charge in [-0.2, -0.15) is 0 Å². The van der Waals surface area contributed by atoms with Crippen molar-refractivity contribution in [3.63, 3.8) is 0 Å². The Labute approximate surface area is 185 Å². The third-order valence-corrected chi connectivity index (χ3v) is 5.60. The normalized spacial score (nSPS) is 10.9. The Balaban J connectivity index is 1.60. The number of carbonyl (C=O) groups excluding carboxylic acids is 1. The number of non-ortho nitro benzene ring substituents is 1. The molecule has 4 rings (SSSR count). The molecule has 3 aromatic carbocycles. The maximum Gasteiger partial charge on any atom is 0.270 e. The van der Waals surface area contributed by atoms with Crippen LogP contribution in [0.5, 0.6) is 0 Å². The molecule has 0 unspecified atom stereocenters. The second-order valence-corrected chi connectivity index (χ2v) is 7.79. The molecule has 1 N–H and O–H groups in total. The molecule has 1 aromatic heterocycles. The summed E-state index contributed by atoms with van der Waals surface area (Å²) in [5, 5.41) is 13.8. The van der Waals surface area contributed by atoms with Gasteiger partial charge in [0.1, 0.15) is 5.52 Å². The lowest BCUT2D eigenvalue weighted by atomic mass is 10.1. The van der Waals surface area contributed by atoms with Gasteiger partial charge in [-0.15, -0.1) is 0 Å². The van der Waals surface area contributed by atoms with Crippen LogP contribution in [0.4, 0.5) is 11.4 Å². The van der Waals surface area contributed by atoms with E-state index in [0.29, 0.717) is 26.2 Å². The number of nitro groups is 1. The highest BCUT2D eigenvalue weighted by atomic mass is 127. The number of amides is 1. The number of anilines is 1. The number of carbonyl (C=O) groups is 1. The van der Waals surface area contributed by atoms with Crippen LogP contribution in [0.15, 0.2) is 65.1 Å². The van der Waals surface area contributed by atoms with Gasteiger partial charge in [-0.25, -0.2) is 4.98 Å². The van der Waals surface area contributed by atoms with Crippen molar-refractivity contribution >= 4 is 51.0 Å². The molecule has 7 nitrogen and oxygen atoms in total. The highest BCUT2D eigenvalue weighted by Crippen LogP contribution is 2.27. The molecular formula is C22H16IN3O4. The van der Waals surface area contributed by atoms with Gasteiger partial charge in [-0.3, -0.25) is 14.9 Å². The Morgan fingerprint density at radius 3 is 2.60 bits per heavy atom. The Hall–Kier alpha value is -3.27. The van der Waals surface area contributed by atoms with Crippen LogP contribution in [0.1, 0.15) is 22.8 Å². The quantitative estimate of drug-likeness (QED) is 0.206. The topological polar surface area (TPSA) is 98.3 Å². The van der Waals surface area contributed by atoms with Crippen LogP contribution < -0.4 is 5.32 Å². The first-order valence-corrected chi connectivity index (χ1v) is 10.3. The van der Waals surface area contributed by atoms with Gasteiger partial charge in [0.15, 0.2) is 5.58 Å². The summed E-state index contributed by atoms with van der Waals surface area (Å²) in [6.45, 7) is 2.10. The van der Waals surface area contributed by atoms with E-state index in [2.05, 4.69) is 17.2 Å². The molecule has 0 radical (unpaired) electrons. The third kappa shape index (κ3) is 4.04. The maximum atomic E-state index is 12.7. The maximum absolute atomic E-state index is 12.7. The Bertz CT molecular complexity index is 1270. The lowest BCUT2D eigenvalue weighted by Crippen LogP contribution is -2.13. The van der Waals surface area contributed by atoms with Crippen molar-refractivity contribution < 1.29 is 14.1 Å². The minimum absolute atomic E-state index is 0.133. The molecule has 0 fully saturated rings. The molecule has 4 aromatic rings. The van der Waals surface area contributed by atoms with Crippen molar-refractivity contribution in [1.82, 2.24) is 4.98 Å². The number of oxazole rings is 1. The van der Waals surface area contributed by atoms with Crippen LogP contribution >= 0.6 is 22.6 Å². The molecule has 0 aliphatic heterocycles. The fraction of sp³-hybridized carbons (Fsp3) is 0.0909. The standard InChI is InChI=1S/C22H16IN3O4/c1-2-13-3-5-14(6-4-13)22-25-19-11-15(7-10-20(19)30-22)24-21(27)17-12-16(26(28)29)8-9-18(17)23/h3-12H,2H2,1H3,(H,24,27). The number of nitrogens with one attached hydrogen (secondary N) is 1. The van der Waals surface area contributed by atoms with E-state index < -0.39 is 10.8 Å². The van der Waals surface area contributed by atoms with Gasteiger partial charge in [0.25, 0.3) is 11.6 Å². The summed E-state index contributed by atoms with van der Waals surface area (Å²) in [5.41, 5.74) is 3.95. The van der Waals surface area contributed by atoms with Crippen LogP contribution in [-0.2, 0) is 6.42 Å². The second-order valence-electron chi connectivity index (χ2n) is 6.63. The van der Waals surface area contributed by atoms with Crippen LogP contribution in [0.25, 0.3) is 22.6 Å². The van der Waals surface area contributed by atoms with Crippen molar-refractivity contribution in [2.24, 2.45) is 0 Å². The fourth-order valence-electron chi connectivity index (χ4n) is 3.01. The molecule has 0 atom stereocenters. The highest BCUT2D eigenvalue weighted by molar-refractivity contribution is 14.1. The lowest BCUT2D eigenvalue weighted by molar-refractivity contribution is -0.384. The summed E-state index contributed by atoms with van der Waals surface area (Å²) >= 11 is 1.98. The van der Waals surface area contributed by atoms with Gasteiger partial charge < -0.3 is 9.73 Å². The summed E-state index contributed by atoms with van der Waals surface area (Å²) in [4.78, 5) is 27.7. The minimum atomic E-state index is -0.525. The van der Waals surface area contributed by atoms with Gasteiger partial charge >= 0.3 is 0 Å². The van der Waals surface area contributed by atoms with E-state index >= 15 is 0 Å². The zero-order valence-electron chi connectivity index (χ0n) is 15.9. The number of benzene rings is 3. The Morgan fingerprint density at radius 1 is 1.13 bits per heavy atom. The summed E-state index contributed by atoms with van der Waals surface area (Å²) < 4.78 is 6.45. The third-order valence-electron chi connectivity index (χ3n) is 4.66. The second kappa shape index (κ2) is 8.23. The van der Waals surface area contributed by atoms with Crippen LogP contribution in [0.3, 0.4) is 0 Å². The molecule has 0 aliphatic carbocycles. The predicted octanol–water partition coefficient (Wildman–Crippen LogP) is 5.82. The molecule has 0 saturated heterocycles. The van der Waals surface area contributed by atoms with Crippen molar-refractivity contribution in [1.29, 1.82) is 0 Å². The van der Waals surface area contributed by atoms with Crippen molar-refractivity contribution in [3.05, 3.63) is 85.5 Å². The number of nitrogens with zero attached hydrogens (tertiary/aromatic N) is 2. The van der Waals surface area contributed by atoms with Gasteiger partial charge in [0, 0.05) is 27.0 Å². The van der Waals surface area contributed by atoms with Gasteiger partial charge in [0.05, 0.1) is 10.5 Å². The predicted molar refractivity (Wildman–Crippen MR) is 123 cm³/mol. The molecule has 30 heavy (non-hydrogen) atoms. The number of hydrogen-bond acceptors (Lipinski definition) is 5. The van der Waals surface area contributed by atoms with E-state index in [4.69, 9.17) is 4.42 Å². The minimum Gasteiger partial charge on any atom is -0.436 e. The van der Waals surface area contributed by atoms with Crippen LogP contribution in [0, 0.1) is 13.7 Å². The van der Waals surface area contributed by atoms with Gasteiger partial charge in [-0.05, 0) is 71.0 Å². The summed E-state index contributed by atoms with van der Waals surface area (Å²) in [5.74, 6) is 0.0747. The molecule has 0 bridgehead atoms. The molecule has 8 heteroatoms. The number of aromatic nitrogens is 1. The van der Waals surface area contributed by atoms with E-state index in [0.717, 1.165) is 12.0 Å². The molecular weight excluding hydrogens is 497 g/mol. The van der Waals surface area contributed by atoms with Crippen molar-refractivity contribution in [3.8, 4) is 11.5 Å². The van der Waals surface area contributed by atoms with E-state index in [-0.39, 0.29) is 11.3 Å². The molecule has 0 aliphatic rings. The molecule has 0 spiro atoms. The average Bonchev–Trinajstić information content (AvgIpc) is 3.17. The van der Waals surface area contributed by atoms with Gasteiger partial charge in [-0.1, -0.05) is 19.1 Å². The average molecular weight is 513 g/mol. The molecule has 0 saturated carbocycles. The fourth-order valence-corrected chi connectivity index (χ4v) is 3.59. The summed E-state index contributed by atoms with van der Waals surface area (Å²) in [6.07, 6.45) is 0.959. The van der Waals surface area contributed by atoms with Crippen molar-refractivity contribution in [2.45, 2.75) is 13.3 Å². The van der Waals surface area contributed by atoms with Crippen LogP contribution in [0.2, 0.25) is 0 Å². The van der Waals surface area contributed by atoms with E-state index in [1.54, 1.807) is 24.3 Å². The first-order chi connectivity index (χ1) is 14.4. The first-order valence-electron chi connectivity index (χ1n) is 9.20. The summed E-state index contributed by atoms with van der Waals surface area (Å²) in [7, 11) is 0. The smallest absolute Gasteiger partial charge is 0.270 e. The molecule has 1 amide bonds. The number of fused-ring (bicyclic) bond motifs is 1. The van der Waals surface area contributed by atoms with Gasteiger partial charge in [0.2, 0.25) is 5.89 Å². The van der Waals surface area contributed by atoms with E-state index in [1.165, 1.54) is 17.7 Å². The number of hydrogen-bond donors (Lipinski definition) is 1. The zero-order chi connectivity index (χ0) is 21.3. The van der Waals surface area contributed by atoms with E-state index in [9.17, 15) is 14.9 Å². The SMILES string of the molecule is CCc1ccc(-c2nc3cc(NC(=O)c4cc([N+](=O)[O-])ccc4I)ccc3o2)cc1. The monoisotopic (exact) mass is 513 g/mol. The largest absolute Gasteiger partial charge is 0.436 e. The number of rotatable bonds is 5. The summed E-state index contributed by atoms with van der Waals surface area (Å²) in [6, 6.07) is 17.4. The molecule has 150 valence electrons. The van der Waals surface area contributed by atoms with E-state index in [1.807, 2.05) is 46.9 Å². The van der Waals surface area contributed by atoms with Crippen molar-refractivity contribution in [2.75, 3.05) is 5.32 Å². The van der Waals surface area contributed by atoms with Crippen LogP contribution in [-0.4, -0.2) is 15.8 Å². The number of nitro benzene ring substituents is 1. The number of halogens is 1. The zero-order valence-corrected chi connectivity index (χ0v) is 18.0. The number of aryl methyl sites for hydroxylation is 1. The lowest BCUT2D eigenvalue weighted by Gasteiger charge is -2.06. The molecule has 1 heterocycles. The highest BCUT2D eigenvalue weighted by Gasteiger charge is 2.16.